The van der Waals surface area contributed by atoms with Crippen LogP contribution >= 0.6 is 0 Å². The van der Waals surface area contributed by atoms with E-state index in [1.807, 2.05) is 30.3 Å². The first kappa shape index (κ1) is 13.6. The Bertz CT molecular complexity index is 940. The summed E-state index contributed by atoms with van der Waals surface area (Å²) in [7, 11) is 0. The number of para-hydroxylation sites is 1. The van der Waals surface area contributed by atoms with E-state index in [-0.39, 0.29) is 0 Å². The molecule has 0 fully saturated rings. The minimum atomic E-state index is 0.583. The van der Waals surface area contributed by atoms with Crippen molar-refractivity contribution in [2.75, 3.05) is 17.2 Å². The number of anilines is 3. The minimum Gasteiger partial charge on any atom is -0.399 e. The molecule has 2 aromatic carbocycles. The summed E-state index contributed by atoms with van der Waals surface area (Å²) in [6, 6.07) is 18.1. The summed E-state index contributed by atoms with van der Waals surface area (Å²) in [6.07, 6.45) is 2.13. The lowest BCUT2D eigenvalue weighted by Crippen LogP contribution is -2.26. The van der Waals surface area contributed by atoms with Crippen molar-refractivity contribution >= 4 is 28.1 Å². The van der Waals surface area contributed by atoms with Crippen LogP contribution in [0.4, 0.5) is 17.2 Å². The summed E-state index contributed by atoms with van der Waals surface area (Å²) in [5.41, 5.74) is 10.4. The van der Waals surface area contributed by atoms with Gasteiger partial charge < -0.3 is 10.6 Å². The highest BCUT2D eigenvalue weighted by atomic mass is 15.2. The number of rotatable bonds is 1. The third-order valence-electron chi connectivity index (χ3n) is 4.31. The number of hydrogen-bond donors (Lipinski definition) is 1. The number of fused-ring (bicyclic) bond motifs is 2. The highest BCUT2D eigenvalue weighted by Crippen LogP contribution is 2.35. The number of nitriles is 1. The van der Waals surface area contributed by atoms with Crippen molar-refractivity contribution in [1.82, 2.24) is 4.98 Å². The molecular formula is C19H16N4. The summed E-state index contributed by atoms with van der Waals surface area (Å²) in [5.74, 6) is 0.733. The van der Waals surface area contributed by atoms with Crippen LogP contribution in [0.15, 0.2) is 48.5 Å². The molecule has 0 radical (unpaired) electrons. The van der Waals surface area contributed by atoms with Gasteiger partial charge in [-0.2, -0.15) is 5.26 Å². The molecule has 0 saturated heterocycles. The number of aryl methyl sites for hydroxylation is 1. The molecule has 0 unspecified atom stereocenters. The Morgan fingerprint density at radius 3 is 2.87 bits per heavy atom. The predicted octanol–water partition coefficient (Wildman–Crippen LogP) is 3.77. The van der Waals surface area contributed by atoms with E-state index in [1.165, 1.54) is 5.56 Å². The number of aromatic nitrogens is 1. The van der Waals surface area contributed by atoms with Gasteiger partial charge >= 0.3 is 0 Å². The molecule has 2 heterocycles. The molecule has 23 heavy (non-hydrogen) atoms. The van der Waals surface area contributed by atoms with E-state index in [4.69, 9.17) is 10.7 Å². The van der Waals surface area contributed by atoms with Crippen molar-refractivity contribution in [1.29, 1.82) is 5.26 Å². The normalized spacial score (nSPS) is 13.6. The maximum Gasteiger partial charge on any atom is 0.151 e. The Hall–Kier alpha value is -3.06. The molecule has 0 spiro atoms. The molecule has 0 saturated carbocycles. The lowest BCUT2D eigenvalue weighted by atomic mass is 10.0. The molecule has 1 aliphatic heterocycles. The van der Waals surface area contributed by atoms with Crippen molar-refractivity contribution in [2.45, 2.75) is 12.8 Å². The molecule has 2 N–H and O–H groups in total. The average molecular weight is 300 g/mol. The van der Waals surface area contributed by atoms with Gasteiger partial charge in [0.2, 0.25) is 0 Å². The van der Waals surface area contributed by atoms with Crippen LogP contribution in [0, 0.1) is 11.3 Å². The largest absolute Gasteiger partial charge is 0.399 e. The summed E-state index contributed by atoms with van der Waals surface area (Å²) in [5, 5.41) is 10.5. The van der Waals surface area contributed by atoms with Gasteiger partial charge in [0.25, 0.3) is 0 Å². The van der Waals surface area contributed by atoms with Crippen LogP contribution in [0.5, 0.6) is 0 Å². The molecular weight excluding hydrogens is 284 g/mol. The molecule has 4 rings (SSSR count). The van der Waals surface area contributed by atoms with Crippen molar-refractivity contribution in [3.05, 3.63) is 59.7 Å². The zero-order valence-electron chi connectivity index (χ0n) is 12.7. The molecule has 112 valence electrons. The van der Waals surface area contributed by atoms with Gasteiger partial charge in [-0.3, -0.25) is 0 Å². The van der Waals surface area contributed by atoms with E-state index in [1.54, 1.807) is 0 Å². The molecule has 4 heteroatoms. The molecule has 0 bridgehead atoms. The minimum absolute atomic E-state index is 0.583. The molecule has 0 atom stereocenters. The number of nitrogens with two attached hydrogens (primary N) is 1. The second-order valence-electron chi connectivity index (χ2n) is 5.81. The second-order valence-corrected chi connectivity index (χ2v) is 5.81. The summed E-state index contributed by atoms with van der Waals surface area (Å²) >= 11 is 0. The van der Waals surface area contributed by atoms with E-state index < -0.39 is 0 Å². The fourth-order valence-corrected chi connectivity index (χ4v) is 3.23. The van der Waals surface area contributed by atoms with Crippen LogP contribution in [0.25, 0.3) is 10.9 Å². The van der Waals surface area contributed by atoms with Gasteiger partial charge in [0.15, 0.2) is 5.82 Å². The first-order valence-electron chi connectivity index (χ1n) is 7.72. The van der Waals surface area contributed by atoms with Crippen LogP contribution in [0.3, 0.4) is 0 Å². The predicted molar refractivity (Wildman–Crippen MR) is 92.6 cm³/mol. The zero-order chi connectivity index (χ0) is 15.8. The van der Waals surface area contributed by atoms with Crippen molar-refractivity contribution in [3.63, 3.8) is 0 Å². The molecule has 4 nitrogen and oxygen atoms in total. The fraction of sp³-hybridized carbons (Fsp3) is 0.158. The van der Waals surface area contributed by atoms with Gasteiger partial charge in [-0.15, -0.1) is 0 Å². The standard InChI is InChI=1S/C19H16N4/c20-12-15-10-14-11-16(21)7-8-17(14)22-19(15)23-9-3-5-13-4-1-2-6-18(13)23/h1-2,4,6-8,10-11H,3,5,9,21H2. The molecule has 3 aromatic rings. The van der Waals surface area contributed by atoms with Crippen LogP contribution in [0.2, 0.25) is 0 Å². The Kier molecular flexibility index (Phi) is 3.13. The van der Waals surface area contributed by atoms with E-state index in [2.05, 4.69) is 29.2 Å². The van der Waals surface area contributed by atoms with Gasteiger partial charge in [0.1, 0.15) is 6.07 Å². The average Bonchev–Trinajstić information content (AvgIpc) is 2.60. The zero-order valence-corrected chi connectivity index (χ0v) is 12.7. The fourth-order valence-electron chi connectivity index (χ4n) is 3.23. The Morgan fingerprint density at radius 1 is 1.13 bits per heavy atom. The first-order valence-corrected chi connectivity index (χ1v) is 7.72. The SMILES string of the molecule is N#Cc1cc2cc(N)ccc2nc1N1CCCc2ccccc21. The third-order valence-corrected chi connectivity index (χ3v) is 4.31. The van der Waals surface area contributed by atoms with Crippen molar-refractivity contribution < 1.29 is 0 Å². The monoisotopic (exact) mass is 300 g/mol. The first-order chi connectivity index (χ1) is 11.3. The molecule has 1 aliphatic rings. The van der Waals surface area contributed by atoms with E-state index in [9.17, 15) is 5.26 Å². The summed E-state index contributed by atoms with van der Waals surface area (Å²) in [4.78, 5) is 6.92. The summed E-state index contributed by atoms with van der Waals surface area (Å²) in [6.45, 7) is 0.874. The van der Waals surface area contributed by atoms with Crippen molar-refractivity contribution in [3.8, 4) is 6.07 Å². The lowest BCUT2D eigenvalue weighted by Gasteiger charge is -2.31. The van der Waals surface area contributed by atoms with Gasteiger partial charge in [-0.25, -0.2) is 4.98 Å². The molecule has 1 aromatic heterocycles. The van der Waals surface area contributed by atoms with E-state index in [0.717, 1.165) is 41.8 Å². The Balaban J connectivity index is 1.93. The smallest absolute Gasteiger partial charge is 0.151 e. The number of nitrogen functional groups attached to an aromatic ring is 1. The van der Waals surface area contributed by atoms with Crippen LogP contribution in [-0.4, -0.2) is 11.5 Å². The third kappa shape index (κ3) is 2.27. The number of benzene rings is 2. The highest BCUT2D eigenvalue weighted by Gasteiger charge is 2.21. The van der Waals surface area contributed by atoms with Gasteiger partial charge in [-0.05, 0) is 48.7 Å². The Morgan fingerprint density at radius 2 is 2.00 bits per heavy atom. The summed E-state index contributed by atoms with van der Waals surface area (Å²) < 4.78 is 0. The lowest BCUT2D eigenvalue weighted by molar-refractivity contribution is 0.760. The van der Waals surface area contributed by atoms with E-state index >= 15 is 0 Å². The van der Waals surface area contributed by atoms with E-state index in [0.29, 0.717) is 11.3 Å². The highest BCUT2D eigenvalue weighted by molar-refractivity contribution is 5.87. The quantitative estimate of drug-likeness (QED) is 0.695. The maximum atomic E-state index is 9.58. The number of hydrogen-bond acceptors (Lipinski definition) is 4. The van der Waals surface area contributed by atoms with Gasteiger partial charge in [0.05, 0.1) is 11.1 Å². The number of nitrogens with zero attached hydrogens (tertiary/aromatic N) is 3. The van der Waals surface area contributed by atoms with Gasteiger partial charge in [0, 0.05) is 23.3 Å². The van der Waals surface area contributed by atoms with Crippen molar-refractivity contribution in [2.24, 2.45) is 0 Å². The van der Waals surface area contributed by atoms with Crippen LogP contribution in [0.1, 0.15) is 17.5 Å². The van der Waals surface area contributed by atoms with Crippen LogP contribution < -0.4 is 10.6 Å². The molecule has 0 aliphatic carbocycles. The Labute approximate surface area is 134 Å². The van der Waals surface area contributed by atoms with Crippen LogP contribution in [-0.2, 0) is 6.42 Å². The maximum absolute atomic E-state index is 9.58. The van der Waals surface area contributed by atoms with Gasteiger partial charge in [-0.1, -0.05) is 18.2 Å². The molecule has 0 amide bonds. The second kappa shape index (κ2) is 5.29. The number of pyridine rings is 1. The topological polar surface area (TPSA) is 65.9 Å².